The van der Waals surface area contributed by atoms with Crippen LogP contribution in [0.15, 0.2) is 12.1 Å². The first-order valence-electron chi connectivity index (χ1n) is 6.35. The lowest BCUT2D eigenvalue weighted by atomic mass is 9.95. The third-order valence-electron chi connectivity index (χ3n) is 3.31. The van der Waals surface area contributed by atoms with E-state index in [0.717, 1.165) is 37.5 Å². The van der Waals surface area contributed by atoms with Gasteiger partial charge in [0.1, 0.15) is 5.75 Å². The Morgan fingerprint density at radius 2 is 2.00 bits per heavy atom. The molecule has 3 nitrogen and oxygen atoms in total. The van der Waals surface area contributed by atoms with Gasteiger partial charge in [0.25, 0.3) is 0 Å². The maximum Gasteiger partial charge on any atom is 0.140 e. The van der Waals surface area contributed by atoms with Crippen molar-refractivity contribution in [2.75, 3.05) is 20.3 Å². The Morgan fingerprint density at radius 3 is 2.59 bits per heavy atom. The van der Waals surface area contributed by atoms with Crippen molar-refractivity contribution in [2.24, 2.45) is 0 Å². The summed E-state index contributed by atoms with van der Waals surface area (Å²) in [5.41, 5.74) is 2.26. The Kier molecular flexibility index (Phi) is 4.00. The maximum absolute atomic E-state index is 5.39. The Bertz CT molecular complexity index is 370. The molecular formula is C14H21NO2. The fourth-order valence-electron chi connectivity index (χ4n) is 2.28. The van der Waals surface area contributed by atoms with Gasteiger partial charge in [0.2, 0.25) is 0 Å². The molecular weight excluding hydrogens is 214 g/mol. The number of hydrogen-bond acceptors (Lipinski definition) is 3. The van der Waals surface area contributed by atoms with Crippen LogP contribution in [0.5, 0.6) is 5.75 Å². The quantitative estimate of drug-likeness (QED) is 0.806. The van der Waals surface area contributed by atoms with Crippen molar-refractivity contribution in [1.29, 1.82) is 0 Å². The van der Waals surface area contributed by atoms with Crippen molar-refractivity contribution < 1.29 is 9.47 Å². The van der Waals surface area contributed by atoms with Gasteiger partial charge in [0.15, 0.2) is 0 Å². The van der Waals surface area contributed by atoms with E-state index in [9.17, 15) is 0 Å². The summed E-state index contributed by atoms with van der Waals surface area (Å²) < 4.78 is 10.8. The van der Waals surface area contributed by atoms with Crippen LogP contribution in [0.4, 0.5) is 0 Å². The van der Waals surface area contributed by atoms with Crippen LogP contribution in [0.2, 0.25) is 0 Å². The molecule has 0 amide bonds. The minimum absolute atomic E-state index is 0.393. The van der Waals surface area contributed by atoms with E-state index in [1.165, 1.54) is 5.69 Å². The molecule has 3 heteroatoms. The van der Waals surface area contributed by atoms with Crippen molar-refractivity contribution in [3.63, 3.8) is 0 Å². The van der Waals surface area contributed by atoms with Crippen molar-refractivity contribution in [2.45, 2.75) is 38.5 Å². The first kappa shape index (κ1) is 12.4. The number of hydrogen-bond donors (Lipinski definition) is 0. The Balaban J connectivity index is 2.26. The van der Waals surface area contributed by atoms with Crippen LogP contribution in [-0.2, 0) is 4.74 Å². The lowest BCUT2D eigenvalue weighted by Gasteiger charge is -2.23. The van der Waals surface area contributed by atoms with Crippen LogP contribution in [0.1, 0.15) is 49.9 Å². The molecule has 0 spiro atoms. The standard InChI is InChI=1S/C14H21NO2/c1-10(2)14-13(16-3)5-4-12(15-14)11-6-8-17-9-7-11/h4-5,10-11H,6-9H2,1-3H3. The minimum atomic E-state index is 0.393. The van der Waals surface area contributed by atoms with E-state index in [1.54, 1.807) is 7.11 Å². The minimum Gasteiger partial charge on any atom is -0.495 e. The van der Waals surface area contributed by atoms with Gasteiger partial charge in [-0.2, -0.15) is 0 Å². The van der Waals surface area contributed by atoms with Crippen LogP contribution in [-0.4, -0.2) is 25.3 Å². The predicted octanol–water partition coefficient (Wildman–Crippen LogP) is 3.11. The van der Waals surface area contributed by atoms with Gasteiger partial charge < -0.3 is 9.47 Å². The number of pyridine rings is 1. The van der Waals surface area contributed by atoms with Crippen molar-refractivity contribution in [3.05, 3.63) is 23.5 Å². The fraction of sp³-hybridized carbons (Fsp3) is 0.643. The highest BCUT2D eigenvalue weighted by Gasteiger charge is 2.19. The SMILES string of the molecule is COc1ccc(C2CCOCC2)nc1C(C)C. The van der Waals surface area contributed by atoms with E-state index >= 15 is 0 Å². The van der Waals surface area contributed by atoms with Gasteiger partial charge in [-0.25, -0.2) is 0 Å². The molecule has 0 radical (unpaired) electrons. The van der Waals surface area contributed by atoms with Gasteiger partial charge >= 0.3 is 0 Å². The molecule has 2 heterocycles. The molecule has 1 aliphatic heterocycles. The molecule has 0 atom stereocenters. The zero-order valence-electron chi connectivity index (χ0n) is 10.9. The van der Waals surface area contributed by atoms with E-state index in [4.69, 9.17) is 14.5 Å². The van der Waals surface area contributed by atoms with E-state index in [1.807, 2.05) is 6.07 Å². The Hall–Kier alpha value is -1.09. The second-order valence-corrected chi connectivity index (χ2v) is 4.86. The number of ether oxygens (including phenoxy) is 2. The van der Waals surface area contributed by atoms with Crippen molar-refractivity contribution >= 4 is 0 Å². The van der Waals surface area contributed by atoms with Crippen LogP contribution in [0.3, 0.4) is 0 Å². The monoisotopic (exact) mass is 235 g/mol. The van der Waals surface area contributed by atoms with Gasteiger partial charge in [-0.1, -0.05) is 13.8 Å². The summed E-state index contributed by atoms with van der Waals surface area (Å²) in [4.78, 5) is 4.79. The first-order valence-corrected chi connectivity index (χ1v) is 6.35. The van der Waals surface area contributed by atoms with Crippen LogP contribution >= 0.6 is 0 Å². The third-order valence-corrected chi connectivity index (χ3v) is 3.31. The molecule has 1 aliphatic rings. The highest BCUT2D eigenvalue weighted by atomic mass is 16.5. The molecule has 0 aliphatic carbocycles. The van der Waals surface area contributed by atoms with E-state index in [2.05, 4.69) is 19.9 Å². The molecule has 0 aromatic carbocycles. The molecule has 1 aromatic heterocycles. The molecule has 94 valence electrons. The lowest BCUT2D eigenvalue weighted by molar-refractivity contribution is 0.0844. The van der Waals surface area contributed by atoms with Crippen molar-refractivity contribution in [3.8, 4) is 5.75 Å². The molecule has 1 aromatic rings. The summed E-state index contributed by atoms with van der Waals surface area (Å²) in [7, 11) is 1.71. The summed E-state index contributed by atoms with van der Waals surface area (Å²) in [5.74, 6) is 1.84. The van der Waals surface area contributed by atoms with Crippen LogP contribution in [0, 0.1) is 0 Å². The van der Waals surface area contributed by atoms with Crippen LogP contribution in [0.25, 0.3) is 0 Å². The van der Waals surface area contributed by atoms with Gasteiger partial charge in [0, 0.05) is 24.8 Å². The molecule has 0 saturated carbocycles. The second-order valence-electron chi connectivity index (χ2n) is 4.86. The fourth-order valence-corrected chi connectivity index (χ4v) is 2.28. The molecule has 1 saturated heterocycles. The lowest BCUT2D eigenvalue weighted by Crippen LogP contribution is -2.16. The summed E-state index contributed by atoms with van der Waals surface area (Å²) in [6.07, 6.45) is 2.16. The normalized spacial score (nSPS) is 17.4. The summed E-state index contributed by atoms with van der Waals surface area (Å²) in [6.45, 7) is 6.02. The third kappa shape index (κ3) is 2.78. The maximum atomic E-state index is 5.39. The summed E-state index contributed by atoms with van der Waals surface area (Å²) >= 11 is 0. The van der Waals surface area contributed by atoms with Gasteiger partial charge in [-0.3, -0.25) is 4.98 Å². The van der Waals surface area contributed by atoms with E-state index < -0.39 is 0 Å². The first-order chi connectivity index (χ1) is 8.22. The Labute approximate surface area is 103 Å². The highest BCUT2D eigenvalue weighted by molar-refractivity contribution is 5.32. The van der Waals surface area contributed by atoms with E-state index in [0.29, 0.717) is 11.8 Å². The smallest absolute Gasteiger partial charge is 0.140 e. The Morgan fingerprint density at radius 1 is 1.29 bits per heavy atom. The molecule has 2 rings (SSSR count). The van der Waals surface area contributed by atoms with Gasteiger partial charge in [-0.05, 0) is 30.9 Å². The average molecular weight is 235 g/mol. The number of methoxy groups -OCH3 is 1. The number of aromatic nitrogens is 1. The summed E-state index contributed by atoms with van der Waals surface area (Å²) in [6, 6.07) is 4.15. The summed E-state index contributed by atoms with van der Waals surface area (Å²) in [5, 5.41) is 0. The number of rotatable bonds is 3. The topological polar surface area (TPSA) is 31.4 Å². The average Bonchev–Trinajstić information content (AvgIpc) is 2.39. The second kappa shape index (κ2) is 5.50. The predicted molar refractivity (Wildman–Crippen MR) is 67.7 cm³/mol. The molecule has 1 fully saturated rings. The zero-order chi connectivity index (χ0) is 12.3. The van der Waals surface area contributed by atoms with Crippen molar-refractivity contribution in [1.82, 2.24) is 4.98 Å². The number of nitrogens with zero attached hydrogens (tertiary/aromatic N) is 1. The van der Waals surface area contributed by atoms with E-state index in [-0.39, 0.29) is 0 Å². The molecule has 0 unspecified atom stereocenters. The van der Waals surface area contributed by atoms with Gasteiger partial charge in [0.05, 0.1) is 12.8 Å². The largest absolute Gasteiger partial charge is 0.495 e. The molecule has 0 bridgehead atoms. The molecule has 17 heavy (non-hydrogen) atoms. The van der Waals surface area contributed by atoms with Crippen LogP contribution < -0.4 is 4.74 Å². The highest BCUT2D eigenvalue weighted by Crippen LogP contribution is 2.30. The molecule has 0 N–H and O–H groups in total. The van der Waals surface area contributed by atoms with Gasteiger partial charge in [-0.15, -0.1) is 0 Å². The zero-order valence-corrected chi connectivity index (χ0v) is 10.9.